The Morgan fingerprint density at radius 2 is 1.08 bits per heavy atom. The van der Waals surface area contributed by atoms with Gasteiger partial charge in [0.25, 0.3) is 0 Å². The summed E-state index contributed by atoms with van der Waals surface area (Å²) >= 11 is 0. The fourth-order valence-electron chi connectivity index (χ4n) is 12.0. The van der Waals surface area contributed by atoms with Crippen molar-refractivity contribution in [3.8, 4) is 22.3 Å². The molecule has 6 unspecified atom stereocenters. The fraction of sp³-hybridized carbons (Fsp3) is 0.333. The van der Waals surface area contributed by atoms with Crippen molar-refractivity contribution in [2.45, 2.75) is 82.5 Å². The molecule has 11 rings (SSSR count). The average Bonchev–Trinajstić information content (AvgIpc) is 4.04. The van der Waals surface area contributed by atoms with Gasteiger partial charge in [-0.25, -0.2) is 0 Å². The van der Waals surface area contributed by atoms with E-state index in [0.29, 0.717) is 0 Å². The van der Waals surface area contributed by atoms with Crippen LogP contribution >= 0.6 is 0 Å². The van der Waals surface area contributed by atoms with E-state index in [-0.39, 0.29) is 5.41 Å². The number of hydrogen-bond donors (Lipinski definition) is 0. The van der Waals surface area contributed by atoms with E-state index in [0.717, 1.165) is 35.5 Å². The third-order valence-corrected chi connectivity index (χ3v) is 14.6. The normalized spacial score (nSPS) is 26.2. The largest absolute Gasteiger partial charge is 0.310 e. The van der Waals surface area contributed by atoms with E-state index in [1.165, 1.54) is 113 Å². The molecule has 0 aromatic heterocycles. The van der Waals surface area contributed by atoms with Gasteiger partial charge in [0.05, 0.1) is 0 Å². The first-order valence-electron chi connectivity index (χ1n) is 20.3. The van der Waals surface area contributed by atoms with Gasteiger partial charge in [-0.3, -0.25) is 0 Å². The number of anilines is 3. The second-order valence-corrected chi connectivity index (χ2v) is 17.7. The van der Waals surface area contributed by atoms with Crippen LogP contribution in [0.5, 0.6) is 0 Å². The molecule has 0 N–H and O–H groups in total. The number of benzene rings is 6. The lowest BCUT2D eigenvalue weighted by molar-refractivity contribution is 0.420. The molecule has 1 nitrogen and oxygen atoms in total. The highest BCUT2D eigenvalue weighted by atomic mass is 15.1. The highest BCUT2D eigenvalue weighted by Crippen LogP contribution is 2.56. The SMILES string of the molecule is CC1(C)c2ccccc2-c2c(-c3ccc4ccccc4c3)cc(N(c3ccc(C4CC5CCC4C5)cc3)c3ccc(C4CC5CCC4C5)cc3)cc21. The first-order valence-corrected chi connectivity index (χ1v) is 20.3. The molecule has 0 aliphatic heterocycles. The van der Waals surface area contributed by atoms with Gasteiger partial charge in [0.15, 0.2) is 0 Å². The predicted molar refractivity (Wildman–Crippen MR) is 218 cm³/mol. The first-order chi connectivity index (χ1) is 25.5. The molecular weight excluding hydrogens is 627 g/mol. The zero-order valence-corrected chi connectivity index (χ0v) is 30.7. The summed E-state index contributed by atoms with van der Waals surface area (Å²) in [5.41, 5.74) is 14.9. The summed E-state index contributed by atoms with van der Waals surface area (Å²) in [6.07, 6.45) is 11.4. The lowest BCUT2D eigenvalue weighted by atomic mass is 9.81. The smallest absolute Gasteiger partial charge is 0.0471 e. The molecule has 52 heavy (non-hydrogen) atoms. The Morgan fingerprint density at radius 3 is 1.67 bits per heavy atom. The minimum absolute atomic E-state index is 0.115. The van der Waals surface area contributed by atoms with E-state index in [9.17, 15) is 0 Å². The fourth-order valence-corrected chi connectivity index (χ4v) is 12.0. The third kappa shape index (κ3) is 4.81. The van der Waals surface area contributed by atoms with Gasteiger partial charge in [-0.05, 0) is 172 Å². The van der Waals surface area contributed by atoms with Crippen molar-refractivity contribution in [2.24, 2.45) is 23.7 Å². The quantitative estimate of drug-likeness (QED) is 0.170. The monoisotopic (exact) mass is 675 g/mol. The molecule has 1 heteroatoms. The van der Waals surface area contributed by atoms with Crippen molar-refractivity contribution >= 4 is 27.8 Å². The predicted octanol–water partition coefficient (Wildman–Crippen LogP) is 14.1. The first kappa shape index (κ1) is 31.0. The number of rotatable bonds is 6. The summed E-state index contributed by atoms with van der Waals surface area (Å²) in [5, 5.41) is 2.57. The lowest BCUT2D eigenvalue weighted by Crippen LogP contribution is -2.17. The second-order valence-electron chi connectivity index (χ2n) is 17.7. The molecular formula is C51H49N. The minimum Gasteiger partial charge on any atom is -0.310 e. The summed E-state index contributed by atoms with van der Waals surface area (Å²) in [4.78, 5) is 2.55. The molecule has 0 spiro atoms. The summed E-state index contributed by atoms with van der Waals surface area (Å²) in [5.74, 6) is 5.15. The summed E-state index contributed by atoms with van der Waals surface area (Å²) in [7, 11) is 0. The Bertz CT molecular complexity index is 2260. The van der Waals surface area contributed by atoms with E-state index >= 15 is 0 Å². The second kappa shape index (κ2) is 11.7. The van der Waals surface area contributed by atoms with Gasteiger partial charge in [-0.15, -0.1) is 0 Å². The van der Waals surface area contributed by atoms with Gasteiger partial charge in [-0.2, -0.15) is 0 Å². The van der Waals surface area contributed by atoms with Crippen LogP contribution in [0.2, 0.25) is 0 Å². The van der Waals surface area contributed by atoms with Crippen molar-refractivity contribution in [2.75, 3.05) is 4.90 Å². The van der Waals surface area contributed by atoms with Gasteiger partial charge in [-0.1, -0.05) is 112 Å². The van der Waals surface area contributed by atoms with Crippen molar-refractivity contribution in [3.63, 3.8) is 0 Å². The van der Waals surface area contributed by atoms with Gasteiger partial charge < -0.3 is 4.90 Å². The van der Waals surface area contributed by atoms with E-state index in [1.807, 2.05) is 0 Å². The molecule has 0 heterocycles. The van der Waals surface area contributed by atoms with Gasteiger partial charge >= 0.3 is 0 Å². The highest BCUT2D eigenvalue weighted by molar-refractivity contribution is 5.98. The molecule has 6 aromatic carbocycles. The molecule has 6 atom stereocenters. The van der Waals surface area contributed by atoms with Crippen molar-refractivity contribution in [1.82, 2.24) is 0 Å². The maximum Gasteiger partial charge on any atom is 0.0471 e. The van der Waals surface area contributed by atoms with Crippen LogP contribution in [-0.2, 0) is 5.41 Å². The van der Waals surface area contributed by atoms with Crippen LogP contribution < -0.4 is 4.90 Å². The Kier molecular flexibility index (Phi) is 6.96. The average molecular weight is 676 g/mol. The van der Waals surface area contributed by atoms with Gasteiger partial charge in [0.1, 0.15) is 0 Å². The lowest BCUT2D eigenvalue weighted by Gasteiger charge is -2.30. The summed E-state index contributed by atoms with van der Waals surface area (Å²) in [6, 6.07) is 49.5. The maximum absolute atomic E-state index is 2.55. The minimum atomic E-state index is -0.115. The number of hydrogen-bond acceptors (Lipinski definition) is 1. The van der Waals surface area contributed by atoms with E-state index in [1.54, 1.807) is 11.1 Å². The van der Waals surface area contributed by atoms with Gasteiger partial charge in [0.2, 0.25) is 0 Å². The van der Waals surface area contributed by atoms with Crippen LogP contribution in [0.15, 0.2) is 127 Å². The van der Waals surface area contributed by atoms with E-state index in [2.05, 4.69) is 146 Å². The Balaban J connectivity index is 1.08. The highest BCUT2D eigenvalue weighted by Gasteiger charge is 2.42. The molecule has 4 saturated carbocycles. The third-order valence-electron chi connectivity index (χ3n) is 14.6. The molecule has 6 aromatic rings. The van der Waals surface area contributed by atoms with Crippen molar-refractivity contribution in [3.05, 3.63) is 150 Å². The Labute approximate surface area is 309 Å². The molecule has 5 aliphatic carbocycles. The van der Waals surface area contributed by atoms with Crippen molar-refractivity contribution in [1.29, 1.82) is 0 Å². The molecule has 4 fully saturated rings. The number of fused-ring (bicyclic) bond motifs is 8. The topological polar surface area (TPSA) is 3.24 Å². The van der Waals surface area contributed by atoms with Crippen LogP contribution in [-0.4, -0.2) is 0 Å². The summed E-state index contributed by atoms with van der Waals surface area (Å²) in [6.45, 7) is 4.84. The molecule has 0 amide bonds. The molecule has 5 aliphatic rings. The van der Waals surface area contributed by atoms with Crippen LogP contribution in [0.4, 0.5) is 17.1 Å². The molecule has 4 bridgehead atoms. The maximum atomic E-state index is 2.55. The number of nitrogens with zero attached hydrogens (tertiary/aromatic N) is 1. The van der Waals surface area contributed by atoms with E-state index in [4.69, 9.17) is 0 Å². The van der Waals surface area contributed by atoms with Gasteiger partial charge in [0, 0.05) is 22.5 Å². The molecule has 0 saturated heterocycles. The van der Waals surface area contributed by atoms with Crippen LogP contribution in [0.25, 0.3) is 33.0 Å². The Hall–Kier alpha value is -4.62. The van der Waals surface area contributed by atoms with Crippen LogP contribution in [0.3, 0.4) is 0 Å². The standard InChI is InChI=1S/C51H49N/c1-51(2)48-10-6-5-9-44(48)50-47(40-16-15-34-7-3-4-8-37(34)29-40)30-43(31-49(50)51)52(41-21-17-35(18-22-41)45-27-32-11-13-38(45)25-32)42-23-19-36(20-24-42)46-28-33-12-14-39(46)26-33/h3-10,15-24,29-33,38-39,45-46H,11-14,25-28H2,1-2H3. The van der Waals surface area contributed by atoms with Crippen molar-refractivity contribution < 1.29 is 0 Å². The zero-order chi connectivity index (χ0) is 34.6. The van der Waals surface area contributed by atoms with Crippen LogP contribution in [0.1, 0.15) is 99.3 Å². The molecule has 0 radical (unpaired) electrons. The Morgan fingerprint density at radius 1 is 0.481 bits per heavy atom. The summed E-state index contributed by atoms with van der Waals surface area (Å²) < 4.78 is 0. The van der Waals surface area contributed by atoms with Crippen LogP contribution in [0, 0.1) is 23.7 Å². The zero-order valence-electron chi connectivity index (χ0n) is 30.7. The molecule has 258 valence electrons. The van der Waals surface area contributed by atoms with E-state index < -0.39 is 0 Å².